The van der Waals surface area contributed by atoms with Gasteiger partial charge in [0.1, 0.15) is 6.61 Å². The lowest BCUT2D eigenvalue weighted by Crippen LogP contribution is -2.27. The summed E-state index contributed by atoms with van der Waals surface area (Å²) in [6.45, 7) is 2.57. The van der Waals surface area contributed by atoms with E-state index in [1.54, 1.807) is 11.3 Å². The minimum Gasteiger partial charge on any atom is -0.473 e. The highest BCUT2D eigenvalue weighted by molar-refractivity contribution is 7.17. The number of hydrogen-bond acceptors (Lipinski definition) is 5. The topological polar surface area (TPSA) is 57.9 Å². The lowest BCUT2D eigenvalue weighted by atomic mass is 9.94. The summed E-state index contributed by atoms with van der Waals surface area (Å²) in [5.74, 6) is 1.19. The number of nitrogens with zero attached hydrogens (tertiary/aromatic N) is 2. The van der Waals surface area contributed by atoms with Gasteiger partial charge < -0.3 is 10.1 Å². The number of benzene rings is 1. The number of aromatic nitrogens is 1. The quantitative estimate of drug-likeness (QED) is 0.766. The average molecular weight is 349 g/mol. The molecule has 2 aromatic heterocycles. The molecule has 0 atom stereocenters. The summed E-state index contributed by atoms with van der Waals surface area (Å²) in [5, 5.41) is 15.6. The van der Waals surface area contributed by atoms with Gasteiger partial charge in [-0.3, -0.25) is 0 Å². The van der Waals surface area contributed by atoms with Crippen LogP contribution in [-0.2, 0) is 6.61 Å². The van der Waals surface area contributed by atoms with Crippen LogP contribution in [0, 0.1) is 11.3 Å². The molecular weight excluding hydrogens is 330 g/mol. The lowest BCUT2D eigenvalue weighted by molar-refractivity contribution is 0.293. The van der Waals surface area contributed by atoms with Crippen LogP contribution in [0.3, 0.4) is 0 Å². The van der Waals surface area contributed by atoms with E-state index in [4.69, 9.17) is 9.72 Å². The summed E-state index contributed by atoms with van der Waals surface area (Å²) in [5.41, 5.74) is 2.93. The highest BCUT2D eigenvalue weighted by Gasteiger charge is 2.17. The van der Waals surface area contributed by atoms with E-state index in [0.717, 1.165) is 47.3 Å². The second-order valence-electron chi connectivity index (χ2n) is 6.26. The van der Waals surface area contributed by atoms with E-state index in [1.807, 2.05) is 35.7 Å². The first-order chi connectivity index (χ1) is 12.3. The summed E-state index contributed by atoms with van der Waals surface area (Å²) < 4.78 is 7.09. The third-order valence-corrected chi connectivity index (χ3v) is 5.69. The Balaban J connectivity index is 1.52. The van der Waals surface area contributed by atoms with E-state index >= 15 is 0 Å². The molecule has 4 nitrogen and oxygen atoms in total. The third kappa shape index (κ3) is 3.37. The predicted octanol–water partition coefficient (Wildman–Crippen LogP) is 4.21. The second-order valence-corrected chi connectivity index (χ2v) is 7.18. The van der Waals surface area contributed by atoms with Crippen LogP contribution < -0.4 is 10.1 Å². The Morgan fingerprint density at radius 2 is 2.08 bits per heavy atom. The van der Waals surface area contributed by atoms with E-state index in [-0.39, 0.29) is 0 Å². The number of hydrogen-bond donors (Lipinski definition) is 1. The maximum atomic E-state index is 9.22. The fourth-order valence-corrected chi connectivity index (χ4v) is 4.26. The Hall–Kier alpha value is -2.42. The molecule has 1 N–H and O–H groups in total. The van der Waals surface area contributed by atoms with Gasteiger partial charge in [-0.25, -0.2) is 4.98 Å². The molecule has 0 saturated carbocycles. The molecule has 126 valence electrons. The van der Waals surface area contributed by atoms with E-state index in [9.17, 15) is 5.26 Å². The zero-order valence-electron chi connectivity index (χ0n) is 13.9. The lowest BCUT2D eigenvalue weighted by Gasteiger charge is -2.22. The highest BCUT2D eigenvalue weighted by atomic mass is 32.1. The summed E-state index contributed by atoms with van der Waals surface area (Å²) in [4.78, 5) is 4.71. The van der Waals surface area contributed by atoms with Crippen molar-refractivity contribution in [3.63, 3.8) is 0 Å². The van der Waals surface area contributed by atoms with Crippen LogP contribution in [0.25, 0.3) is 10.1 Å². The summed E-state index contributed by atoms with van der Waals surface area (Å²) >= 11 is 1.65. The first-order valence-corrected chi connectivity index (χ1v) is 9.43. The number of piperidine rings is 1. The van der Waals surface area contributed by atoms with Gasteiger partial charge in [0.2, 0.25) is 5.88 Å². The van der Waals surface area contributed by atoms with Crippen molar-refractivity contribution in [2.75, 3.05) is 13.1 Å². The molecule has 1 fully saturated rings. The summed E-state index contributed by atoms with van der Waals surface area (Å²) in [6, 6.07) is 14.1. The van der Waals surface area contributed by atoms with Crippen LogP contribution in [-0.4, -0.2) is 18.1 Å². The fraction of sp³-hybridized carbons (Fsp3) is 0.300. The van der Waals surface area contributed by atoms with Crippen LogP contribution in [0.5, 0.6) is 5.88 Å². The van der Waals surface area contributed by atoms with Crippen LogP contribution in [0.15, 0.2) is 41.8 Å². The summed E-state index contributed by atoms with van der Waals surface area (Å²) in [7, 11) is 0. The smallest absolute Gasteiger partial charge is 0.213 e. The molecule has 3 heterocycles. The number of pyridine rings is 1. The highest BCUT2D eigenvalue weighted by Crippen LogP contribution is 2.29. The Morgan fingerprint density at radius 3 is 2.92 bits per heavy atom. The maximum Gasteiger partial charge on any atom is 0.213 e. The monoisotopic (exact) mass is 349 g/mol. The molecule has 0 radical (unpaired) electrons. The molecule has 1 aromatic carbocycles. The van der Waals surface area contributed by atoms with E-state index in [1.165, 1.54) is 0 Å². The van der Waals surface area contributed by atoms with Crippen molar-refractivity contribution in [1.82, 2.24) is 10.3 Å². The predicted molar refractivity (Wildman–Crippen MR) is 100.0 cm³/mol. The molecule has 25 heavy (non-hydrogen) atoms. The van der Waals surface area contributed by atoms with E-state index < -0.39 is 0 Å². The van der Waals surface area contributed by atoms with Gasteiger partial charge in [-0.05, 0) is 49.5 Å². The molecule has 1 saturated heterocycles. The van der Waals surface area contributed by atoms with Gasteiger partial charge in [-0.1, -0.05) is 12.1 Å². The van der Waals surface area contributed by atoms with Gasteiger partial charge in [0, 0.05) is 33.3 Å². The molecule has 0 unspecified atom stereocenters. The van der Waals surface area contributed by atoms with Crippen LogP contribution >= 0.6 is 11.3 Å². The minimum atomic E-state index is 0.464. The van der Waals surface area contributed by atoms with Gasteiger partial charge >= 0.3 is 0 Å². The van der Waals surface area contributed by atoms with Gasteiger partial charge in [0.25, 0.3) is 0 Å². The molecule has 0 bridgehead atoms. The van der Waals surface area contributed by atoms with Crippen molar-refractivity contribution in [2.45, 2.75) is 25.4 Å². The Morgan fingerprint density at radius 1 is 1.20 bits per heavy atom. The number of ether oxygens (including phenoxy) is 1. The minimum absolute atomic E-state index is 0.464. The molecule has 4 rings (SSSR count). The average Bonchev–Trinajstić information content (AvgIpc) is 3.17. The Kier molecular flexibility index (Phi) is 4.64. The van der Waals surface area contributed by atoms with Crippen molar-refractivity contribution >= 4 is 21.4 Å². The Labute approximate surface area is 151 Å². The van der Waals surface area contributed by atoms with E-state index in [2.05, 4.69) is 17.5 Å². The van der Waals surface area contributed by atoms with Crippen molar-refractivity contribution < 1.29 is 4.74 Å². The molecule has 0 aliphatic carbocycles. The SMILES string of the molecule is N#Cc1ccc(COc2cccc(C3CCNCC3)n2)c2sccc12. The largest absolute Gasteiger partial charge is 0.473 e. The van der Waals surface area contributed by atoms with Gasteiger partial charge in [-0.2, -0.15) is 5.26 Å². The Bertz CT molecular complexity index is 922. The zero-order valence-corrected chi connectivity index (χ0v) is 14.7. The molecule has 1 aliphatic rings. The van der Waals surface area contributed by atoms with Crippen molar-refractivity contribution in [3.05, 3.63) is 58.6 Å². The van der Waals surface area contributed by atoms with Crippen molar-refractivity contribution in [2.24, 2.45) is 0 Å². The van der Waals surface area contributed by atoms with Gasteiger partial charge in [0.05, 0.1) is 11.6 Å². The number of thiophene rings is 1. The van der Waals surface area contributed by atoms with Crippen molar-refractivity contribution in [3.8, 4) is 11.9 Å². The number of nitrogens with one attached hydrogen (secondary N) is 1. The second kappa shape index (κ2) is 7.22. The van der Waals surface area contributed by atoms with Crippen LogP contribution in [0.4, 0.5) is 0 Å². The molecular formula is C20H19N3OS. The molecule has 5 heteroatoms. The normalized spacial score (nSPS) is 15.2. The van der Waals surface area contributed by atoms with E-state index in [0.29, 0.717) is 24.0 Å². The molecule has 3 aromatic rings. The third-order valence-electron chi connectivity index (χ3n) is 4.70. The number of nitriles is 1. The molecule has 0 amide bonds. The molecule has 1 aliphatic heterocycles. The summed E-state index contributed by atoms with van der Waals surface area (Å²) in [6.07, 6.45) is 2.25. The zero-order chi connectivity index (χ0) is 17.1. The standard InChI is InChI=1S/C20H19N3OS/c21-12-15-4-5-16(20-17(15)8-11-25-20)13-24-19-3-1-2-18(23-19)14-6-9-22-10-7-14/h1-5,8,11,14,22H,6-7,9-10,13H2. The maximum absolute atomic E-state index is 9.22. The van der Waals surface area contributed by atoms with Crippen LogP contribution in [0.1, 0.15) is 35.6 Å². The van der Waals surface area contributed by atoms with Crippen LogP contribution in [0.2, 0.25) is 0 Å². The first-order valence-electron chi connectivity index (χ1n) is 8.55. The van der Waals surface area contributed by atoms with Gasteiger partial charge in [-0.15, -0.1) is 11.3 Å². The first kappa shape index (κ1) is 16.1. The molecule has 0 spiro atoms. The number of rotatable bonds is 4. The van der Waals surface area contributed by atoms with Crippen molar-refractivity contribution in [1.29, 1.82) is 5.26 Å². The fourth-order valence-electron chi connectivity index (χ4n) is 3.34. The van der Waals surface area contributed by atoms with Gasteiger partial charge in [0.15, 0.2) is 0 Å². The number of fused-ring (bicyclic) bond motifs is 1.